The number of nitro benzene ring substituents is 1. The number of nitrogens with zero attached hydrogens (tertiary/aromatic N) is 4. The van der Waals surface area contributed by atoms with Crippen LogP contribution in [-0.4, -0.2) is 26.0 Å². The molecule has 0 bridgehead atoms. The third-order valence-corrected chi connectivity index (χ3v) is 3.07. The summed E-state index contributed by atoms with van der Waals surface area (Å²) in [7, 11) is 0. The van der Waals surface area contributed by atoms with Crippen molar-refractivity contribution in [1.82, 2.24) is 14.9 Å². The second kappa shape index (κ2) is 6.03. The molecule has 2 rings (SSSR count). The Kier molecular flexibility index (Phi) is 4.33. The lowest BCUT2D eigenvalue weighted by molar-refractivity contribution is -0.398. The quantitative estimate of drug-likeness (QED) is 0.386. The zero-order valence-electron chi connectivity index (χ0n) is 10.9. The molecule has 1 aromatic carbocycles. The molecule has 0 unspecified atom stereocenters. The van der Waals surface area contributed by atoms with Crippen molar-refractivity contribution in [3.8, 4) is 5.75 Å². The topological polar surface area (TPSA) is 129 Å². The lowest BCUT2D eigenvalue weighted by Gasteiger charge is -2.10. The van der Waals surface area contributed by atoms with E-state index in [9.17, 15) is 20.0 Å². The summed E-state index contributed by atoms with van der Waals surface area (Å²) in [5, 5.41) is 32.5. The second-order valence-corrected chi connectivity index (χ2v) is 4.90. The Hall–Kier alpha value is -2.59. The van der Waals surface area contributed by atoms with Crippen LogP contribution < -0.4 is 10.7 Å². The Balaban J connectivity index is 2.57. The first kappa shape index (κ1) is 15.8. The van der Waals surface area contributed by atoms with Gasteiger partial charge in [0.2, 0.25) is 4.77 Å². The van der Waals surface area contributed by atoms with E-state index in [1.54, 1.807) is 0 Å². The zero-order valence-corrected chi connectivity index (χ0v) is 12.5. The molecule has 11 heteroatoms. The Morgan fingerprint density at radius 3 is 2.86 bits per heavy atom. The number of halogens is 1. The molecule has 0 fully saturated rings. The van der Waals surface area contributed by atoms with Crippen molar-refractivity contribution in [2.45, 2.75) is 6.92 Å². The minimum Gasteiger partial charge on any atom is -0.867 e. The first-order chi connectivity index (χ1) is 10.3. The molecule has 0 atom stereocenters. The number of nitrogens with one attached hydrogen (secondary N) is 1. The Morgan fingerprint density at radius 1 is 1.55 bits per heavy atom. The van der Waals surface area contributed by atoms with Gasteiger partial charge in [-0.1, -0.05) is 11.6 Å². The van der Waals surface area contributed by atoms with E-state index in [4.69, 9.17) is 23.8 Å². The van der Waals surface area contributed by atoms with Gasteiger partial charge in [-0.05, 0) is 36.5 Å². The fourth-order valence-electron chi connectivity index (χ4n) is 1.53. The van der Waals surface area contributed by atoms with E-state index >= 15 is 0 Å². The van der Waals surface area contributed by atoms with Crippen molar-refractivity contribution >= 4 is 35.7 Å². The summed E-state index contributed by atoms with van der Waals surface area (Å²) in [5.41, 5.74) is -1.29. The number of aromatic amines is 1. The first-order valence-corrected chi connectivity index (χ1v) is 6.47. The molecule has 22 heavy (non-hydrogen) atoms. The van der Waals surface area contributed by atoms with E-state index in [0.717, 1.165) is 17.0 Å². The number of rotatable bonds is 3. The van der Waals surface area contributed by atoms with Crippen LogP contribution >= 0.6 is 23.8 Å². The summed E-state index contributed by atoms with van der Waals surface area (Å²) in [6.07, 6.45) is 0.978. The van der Waals surface area contributed by atoms with Gasteiger partial charge in [0.25, 0.3) is 11.2 Å². The molecular formula is C11H7ClN5O4S-. The van der Waals surface area contributed by atoms with Gasteiger partial charge in [-0.3, -0.25) is 20.0 Å². The average Bonchev–Trinajstić information content (AvgIpc) is 2.45. The summed E-state index contributed by atoms with van der Waals surface area (Å²) in [6.45, 7) is 1.45. The molecule has 0 aliphatic rings. The van der Waals surface area contributed by atoms with Crippen LogP contribution in [0.1, 0.15) is 11.3 Å². The number of benzene rings is 1. The van der Waals surface area contributed by atoms with Gasteiger partial charge in [0.05, 0.1) is 11.1 Å². The smallest absolute Gasteiger partial charge is 0.296 e. The Labute approximate surface area is 132 Å². The van der Waals surface area contributed by atoms with E-state index in [0.29, 0.717) is 0 Å². The molecule has 1 N–H and O–H groups in total. The first-order valence-electron chi connectivity index (χ1n) is 5.69. The summed E-state index contributed by atoms with van der Waals surface area (Å²) >= 11 is 10.6. The molecule has 1 aromatic heterocycles. The highest BCUT2D eigenvalue weighted by Crippen LogP contribution is 2.29. The highest BCUT2D eigenvalue weighted by atomic mass is 35.5. The fourth-order valence-corrected chi connectivity index (χ4v) is 1.93. The minimum atomic E-state index is -0.869. The molecule has 0 saturated heterocycles. The van der Waals surface area contributed by atoms with E-state index < -0.39 is 21.9 Å². The average molecular weight is 341 g/mol. The second-order valence-electron chi connectivity index (χ2n) is 4.08. The van der Waals surface area contributed by atoms with Crippen molar-refractivity contribution in [2.75, 3.05) is 0 Å². The summed E-state index contributed by atoms with van der Waals surface area (Å²) in [5.74, 6) is -0.869. The maximum atomic E-state index is 11.9. The largest absolute Gasteiger partial charge is 0.867 e. The molecule has 114 valence electrons. The summed E-state index contributed by atoms with van der Waals surface area (Å²) < 4.78 is 0.722. The molecule has 0 radical (unpaired) electrons. The van der Waals surface area contributed by atoms with Crippen molar-refractivity contribution in [1.29, 1.82) is 0 Å². The van der Waals surface area contributed by atoms with Crippen LogP contribution in [0.2, 0.25) is 5.02 Å². The number of H-pyrrole nitrogens is 1. The SMILES string of the molecule is Cc1n[nH]c(=S)n(/N=C\c2cc(Cl)cc([N+](=O)[O-])c2[O-])c1=O. The van der Waals surface area contributed by atoms with E-state index in [2.05, 4.69) is 15.3 Å². The van der Waals surface area contributed by atoms with Gasteiger partial charge >= 0.3 is 0 Å². The molecule has 0 aliphatic heterocycles. The number of hydrogen-bond donors (Lipinski definition) is 1. The van der Waals surface area contributed by atoms with Crippen molar-refractivity contribution in [2.24, 2.45) is 5.10 Å². The van der Waals surface area contributed by atoms with Crippen molar-refractivity contribution in [3.63, 3.8) is 0 Å². The highest BCUT2D eigenvalue weighted by Gasteiger charge is 2.11. The van der Waals surface area contributed by atoms with Crippen LogP contribution in [-0.2, 0) is 0 Å². The van der Waals surface area contributed by atoms with Crippen LogP contribution in [0.4, 0.5) is 5.69 Å². The summed E-state index contributed by atoms with van der Waals surface area (Å²) in [6, 6.07) is 2.14. The lowest BCUT2D eigenvalue weighted by atomic mass is 10.2. The molecule has 0 spiro atoms. The monoisotopic (exact) mass is 340 g/mol. The third kappa shape index (κ3) is 3.02. The molecule has 2 aromatic rings. The molecule has 1 heterocycles. The van der Waals surface area contributed by atoms with Gasteiger partial charge in [0.15, 0.2) is 0 Å². The van der Waals surface area contributed by atoms with E-state index in [-0.39, 0.29) is 21.1 Å². The predicted octanol–water partition coefficient (Wildman–Crippen LogP) is 1.13. The van der Waals surface area contributed by atoms with Gasteiger partial charge in [-0.15, -0.1) is 0 Å². The summed E-state index contributed by atoms with van der Waals surface area (Å²) in [4.78, 5) is 21.7. The van der Waals surface area contributed by atoms with Gasteiger partial charge in [0, 0.05) is 11.1 Å². The van der Waals surface area contributed by atoms with E-state index in [1.807, 2.05) is 0 Å². The van der Waals surface area contributed by atoms with Crippen LogP contribution in [0.25, 0.3) is 0 Å². The standard InChI is InChI=1S/C11H8ClN5O4S/c1-5-10(19)16(11(22)15-14-5)13-4-6-2-7(12)3-8(9(6)18)17(20)21/h2-4,18H,1H3,(H,15,22)/p-1/b13-4-. The highest BCUT2D eigenvalue weighted by molar-refractivity contribution is 7.71. The van der Waals surface area contributed by atoms with Crippen molar-refractivity contribution in [3.05, 3.63) is 53.7 Å². The van der Waals surface area contributed by atoms with Crippen LogP contribution in [0.5, 0.6) is 5.75 Å². The minimum absolute atomic E-state index is 0.00355. The van der Waals surface area contributed by atoms with Crippen LogP contribution in [0, 0.1) is 21.8 Å². The van der Waals surface area contributed by atoms with Gasteiger partial charge in [-0.25, -0.2) is 0 Å². The van der Waals surface area contributed by atoms with Crippen LogP contribution in [0.3, 0.4) is 0 Å². The molecule has 9 nitrogen and oxygen atoms in total. The normalized spacial score (nSPS) is 11.0. The maximum absolute atomic E-state index is 11.9. The molecule has 0 amide bonds. The lowest BCUT2D eigenvalue weighted by Crippen LogP contribution is -2.22. The maximum Gasteiger partial charge on any atom is 0.296 e. The Bertz CT molecular complexity index is 904. The molecule has 0 aliphatic carbocycles. The number of nitro groups is 1. The zero-order chi connectivity index (χ0) is 16.4. The van der Waals surface area contributed by atoms with Crippen molar-refractivity contribution < 1.29 is 10.0 Å². The number of aryl methyl sites for hydroxylation is 1. The molecule has 0 saturated carbocycles. The fraction of sp³-hybridized carbons (Fsp3) is 0.0909. The predicted molar refractivity (Wildman–Crippen MR) is 79.0 cm³/mol. The van der Waals surface area contributed by atoms with Crippen LogP contribution in [0.15, 0.2) is 22.0 Å². The number of aromatic nitrogens is 3. The third-order valence-electron chi connectivity index (χ3n) is 2.59. The van der Waals surface area contributed by atoms with Gasteiger partial charge < -0.3 is 5.11 Å². The van der Waals surface area contributed by atoms with E-state index in [1.165, 1.54) is 13.0 Å². The van der Waals surface area contributed by atoms with Gasteiger partial charge in [-0.2, -0.15) is 14.9 Å². The van der Waals surface area contributed by atoms with Gasteiger partial charge in [0.1, 0.15) is 5.69 Å². The molecular weight excluding hydrogens is 334 g/mol. The number of hydrogen-bond acceptors (Lipinski definition) is 7. The Morgan fingerprint density at radius 2 is 2.23 bits per heavy atom.